The second-order valence-electron chi connectivity index (χ2n) is 15.6. The molecule has 2 heteroatoms. The van der Waals surface area contributed by atoms with Crippen LogP contribution in [-0.4, -0.2) is 6.04 Å². The van der Waals surface area contributed by atoms with E-state index < -0.39 is 0 Å². The summed E-state index contributed by atoms with van der Waals surface area (Å²) in [6, 6.07) is 57.8. The summed E-state index contributed by atoms with van der Waals surface area (Å²) in [6.45, 7) is 0. The fourth-order valence-corrected chi connectivity index (χ4v) is 9.08. The van der Waals surface area contributed by atoms with Gasteiger partial charge in [-0.15, -0.1) is 0 Å². The highest BCUT2D eigenvalue weighted by Crippen LogP contribution is 2.41. The molecule has 6 aromatic carbocycles. The molecule has 0 radical (unpaired) electrons. The number of anilines is 3. The minimum atomic E-state index is 0.169. The fraction of sp³-hybridized carbons (Fsp3) is 0.107. The maximum atomic E-state index is 2.54. The molecule has 4 aliphatic carbocycles. The van der Waals surface area contributed by atoms with Crippen molar-refractivity contribution in [2.45, 2.75) is 31.2 Å². The lowest BCUT2D eigenvalue weighted by molar-refractivity contribution is 0.623. The smallest absolute Gasteiger partial charge is 0.0628 e. The third kappa shape index (κ3) is 7.03. The van der Waals surface area contributed by atoms with Gasteiger partial charge in [-0.3, -0.25) is 0 Å². The second kappa shape index (κ2) is 15.9. The van der Waals surface area contributed by atoms with Crippen LogP contribution in [-0.2, 0) is 6.42 Å². The maximum Gasteiger partial charge on any atom is 0.0628 e. The van der Waals surface area contributed by atoms with Gasteiger partial charge in [0, 0.05) is 45.9 Å². The zero-order valence-corrected chi connectivity index (χ0v) is 32.6. The van der Waals surface area contributed by atoms with Crippen LogP contribution in [0.15, 0.2) is 236 Å². The highest BCUT2D eigenvalue weighted by atomic mass is 15.2. The Bertz CT molecular complexity index is 2620. The number of hydrogen-bond donors (Lipinski definition) is 0. The van der Waals surface area contributed by atoms with Crippen LogP contribution >= 0.6 is 0 Å². The summed E-state index contributed by atoms with van der Waals surface area (Å²) in [6.07, 6.45) is 28.4. The first-order valence-electron chi connectivity index (χ1n) is 20.7. The fourth-order valence-electron chi connectivity index (χ4n) is 9.08. The highest BCUT2D eigenvalue weighted by molar-refractivity contribution is 5.90. The summed E-state index contributed by atoms with van der Waals surface area (Å²) >= 11 is 0. The van der Waals surface area contributed by atoms with Crippen molar-refractivity contribution < 1.29 is 0 Å². The van der Waals surface area contributed by atoms with E-state index >= 15 is 0 Å². The number of nitrogens with zero attached hydrogens (tertiary/aromatic N) is 2. The maximum absolute atomic E-state index is 2.54. The van der Waals surface area contributed by atoms with Crippen LogP contribution in [0.1, 0.15) is 35.4 Å². The van der Waals surface area contributed by atoms with Gasteiger partial charge < -0.3 is 9.80 Å². The molecule has 280 valence electrons. The highest BCUT2D eigenvalue weighted by Gasteiger charge is 2.31. The van der Waals surface area contributed by atoms with E-state index in [9.17, 15) is 0 Å². The van der Waals surface area contributed by atoms with E-state index in [4.69, 9.17) is 0 Å². The van der Waals surface area contributed by atoms with Gasteiger partial charge in [-0.05, 0) is 101 Å². The first kappa shape index (κ1) is 35.5. The lowest BCUT2D eigenvalue weighted by Crippen LogP contribution is -2.40. The van der Waals surface area contributed by atoms with Gasteiger partial charge in [-0.25, -0.2) is 0 Å². The van der Waals surface area contributed by atoms with Gasteiger partial charge in [0.05, 0.1) is 6.04 Å². The van der Waals surface area contributed by atoms with Crippen LogP contribution in [0.25, 0.3) is 28.0 Å². The predicted octanol–water partition coefficient (Wildman–Crippen LogP) is 14.2. The quantitative estimate of drug-likeness (QED) is 0.145. The van der Waals surface area contributed by atoms with Crippen LogP contribution in [0, 0.1) is 5.92 Å². The molecule has 3 unspecified atom stereocenters. The number of benzene rings is 6. The van der Waals surface area contributed by atoms with Gasteiger partial charge in [0.2, 0.25) is 0 Å². The van der Waals surface area contributed by atoms with Crippen LogP contribution in [0.5, 0.6) is 0 Å². The summed E-state index contributed by atoms with van der Waals surface area (Å²) in [7, 11) is 0. The van der Waals surface area contributed by atoms with Gasteiger partial charge >= 0.3 is 0 Å². The Kier molecular flexibility index (Phi) is 9.75. The molecule has 2 nitrogen and oxygen atoms in total. The Balaban J connectivity index is 0.960. The molecular formula is C56H46N2. The largest absolute Gasteiger partial charge is 0.334 e. The van der Waals surface area contributed by atoms with E-state index in [1.54, 1.807) is 0 Å². The van der Waals surface area contributed by atoms with Gasteiger partial charge in [-0.2, -0.15) is 0 Å². The Morgan fingerprint density at radius 2 is 1.10 bits per heavy atom. The second-order valence-corrected chi connectivity index (χ2v) is 15.6. The normalized spacial score (nSPS) is 19.0. The van der Waals surface area contributed by atoms with Crippen molar-refractivity contribution in [3.05, 3.63) is 253 Å². The summed E-state index contributed by atoms with van der Waals surface area (Å²) in [4.78, 5) is 4.97. The molecule has 0 spiro atoms. The first-order valence-corrected chi connectivity index (χ1v) is 20.7. The molecule has 0 N–H and O–H groups in total. The molecule has 0 amide bonds. The standard InChI is InChI=1S/C56H46N2/c1-3-13-41(14-4-1)43-25-33-49(34-26-43)57(55-23-11-19-47-17-7-9-21-53(47)55)51-37-29-45(30-38-51)46-31-39-52(40-32-46)58(56-24-12-20-48-18-8-10-22-54(48)56)50-35-27-44(28-36-50)42-15-5-2-6-16-42/h1-11,13-19,21-25,27-40,43,53,55H,12,20,26H2. The minimum Gasteiger partial charge on any atom is -0.334 e. The van der Waals surface area contributed by atoms with E-state index in [2.05, 4.69) is 234 Å². The average Bonchev–Trinajstić information content (AvgIpc) is 3.31. The molecule has 6 aromatic rings. The lowest BCUT2D eigenvalue weighted by Gasteiger charge is -2.40. The van der Waals surface area contributed by atoms with E-state index in [0.717, 1.165) is 30.6 Å². The molecule has 58 heavy (non-hydrogen) atoms. The molecule has 4 aliphatic rings. The topological polar surface area (TPSA) is 6.48 Å². The predicted molar refractivity (Wildman–Crippen MR) is 245 cm³/mol. The Morgan fingerprint density at radius 1 is 0.483 bits per heavy atom. The summed E-state index contributed by atoms with van der Waals surface area (Å²) < 4.78 is 0. The van der Waals surface area contributed by atoms with Crippen molar-refractivity contribution in [3.8, 4) is 22.3 Å². The van der Waals surface area contributed by atoms with Crippen LogP contribution < -0.4 is 9.80 Å². The van der Waals surface area contributed by atoms with Crippen molar-refractivity contribution >= 4 is 22.8 Å². The summed E-state index contributed by atoms with van der Waals surface area (Å²) in [5.41, 5.74) is 16.3. The van der Waals surface area contributed by atoms with Gasteiger partial charge in [0.15, 0.2) is 0 Å². The zero-order chi connectivity index (χ0) is 38.7. The SMILES string of the molecule is C1=CC2=CC=CC(N(C3=CCC(c4ccccc4)C=C3)c3ccc(-c4ccc(N(C5=CCCc6ccccc65)c5ccc(-c6ccccc6)cc5)cc4)cc3)C2C=C1. The molecule has 0 saturated carbocycles. The monoisotopic (exact) mass is 746 g/mol. The average molecular weight is 747 g/mol. The molecular weight excluding hydrogens is 701 g/mol. The molecule has 0 heterocycles. The molecule has 0 aromatic heterocycles. The Morgan fingerprint density at radius 3 is 1.78 bits per heavy atom. The third-order valence-electron chi connectivity index (χ3n) is 12.1. The van der Waals surface area contributed by atoms with Gasteiger partial charge in [0.25, 0.3) is 0 Å². The van der Waals surface area contributed by atoms with Crippen molar-refractivity contribution in [2.24, 2.45) is 5.92 Å². The van der Waals surface area contributed by atoms with Crippen LogP contribution in [0.4, 0.5) is 17.1 Å². The van der Waals surface area contributed by atoms with Crippen molar-refractivity contribution in [3.63, 3.8) is 0 Å². The van der Waals surface area contributed by atoms with E-state index in [0.29, 0.717) is 5.92 Å². The van der Waals surface area contributed by atoms with E-state index in [-0.39, 0.29) is 12.0 Å². The number of allylic oxidation sites excluding steroid dienone is 9. The van der Waals surface area contributed by atoms with Gasteiger partial charge in [0.1, 0.15) is 0 Å². The molecule has 0 bridgehead atoms. The molecule has 0 fully saturated rings. The lowest BCUT2D eigenvalue weighted by atomic mass is 9.82. The number of fused-ring (bicyclic) bond motifs is 2. The van der Waals surface area contributed by atoms with Gasteiger partial charge in [-0.1, -0.05) is 182 Å². The summed E-state index contributed by atoms with van der Waals surface area (Å²) in [5.74, 6) is 0.674. The molecule has 3 atom stereocenters. The zero-order valence-electron chi connectivity index (χ0n) is 32.6. The third-order valence-corrected chi connectivity index (χ3v) is 12.1. The van der Waals surface area contributed by atoms with Crippen molar-refractivity contribution in [1.29, 1.82) is 0 Å². The molecule has 10 rings (SSSR count). The van der Waals surface area contributed by atoms with Crippen LogP contribution in [0.3, 0.4) is 0 Å². The van der Waals surface area contributed by atoms with Crippen LogP contribution in [0.2, 0.25) is 0 Å². The number of hydrogen-bond acceptors (Lipinski definition) is 2. The number of rotatable bonds is 9. The summed E-state index contributed by atoms with van der Waals surface area (Å²) in [5, 5.41) is 0. The number of aryl methyl sites for hydroxylation is 1. The molecule has 0 aliphatic heterocycles. The minimum absolute atomic E-state index is 0.169. The first-order chi connectivity index (χ1) is 28.8. The molecule has 0 saturated heterocycles. The van der Waals surface area contributed by atoms with E-state index in [1.807, 2.05) is 0 Å². The Labute approximate surface area is 343 Å². The van der Waals surface area contributed by atoms with Crippen molar-refractivity contribution in [1.82, 2.24) is 0 Å². The Hall–Kier alpha value is -6.90. The van der Waals surface area contributed by atoms with Crippen molar-refractivity contribution in [2.75, 3.05) is 9.80 Å². The van der Waals surface area contributed by atoms with E-state index in [1.165, 1.54) is 61.6 Å².